The van der Waals surface area contributed by atoms with Crippen LogP contribution in [0.3, 0.4) is 0 Å². The number of aliphatic imine (C=N–C) groups is 2. The molecule has 8 heteroatoms. The van der Waals surface area contributed by atoms with Crippen LogP contribution in [0.25, 0.3) is 0 Å². The SMILES string of the molecule is CC1COC(c2cccc(C3=NC(C)CO3)n2)=N1.[Cl-].[Cl-].[Co+2]. The summed E-state index contributed by atoms with van der Waals surface area (Å²) in [5.41, 5.74) is 1.48. The average molecular weight is 375 g/mol. The summed E-state index contributed by atoms with van der Waals surface area (Å²) in [4.78, 5) is 13.3. The molecule has 21 heavy (non-hydrogen) atoms. The quantitative estimate of drug-likeness (QED) is 0.523. The van der Waals surface area contributed by atoms with Crippen LogP contribution in [0.4, 0.5) is 0 Å². The summed E-state index contributed by atoms with van der Waals surface area (Å²) in [6, 6.07) is 6.09. The van der Waals surface area contributed by atoms with Crippen LogP contribution in [0.1, 0.15) is 25.2 Å². The molecule has 0 aliphatic carbocycles. The van der Waals surface area contributed by atoms with Gasteiger partial charge in [-0.25, -0.2) is 15.0 Å². The van der Waals surface area contributed by atoms with Crippen molar-refractivity contribution in [3.63, 3.8) is 0 Å². The van der Waals surface area contributed by atoms with Crippen molar-refractivity contribution < 1.29 is 51.1 Å². The van der Waals surface area contributed by atoms with Crippen LogP contribution >= 0.6 is 0 Å². The van der Waals surface area contributed by atoms with Gasteiger partial charge in [-0.15, -0.1) is 0 Å². The minimum atomic E-state index is 0. The molecule has 3 heterocycles. The maximum Gasteiger partial charge on any atom is 2.00 e. The molecule has 0 aromatic carbocycles. The maximum atomic E-state index is 5.50. The van der Waals surface area contributed by atoms with E-state index in [0.717, 1.165) is 11.4 Å². The number of rotatable bonds is 2. The van der Waals surface area contributed by atoms with Crippen LogP contribution < -0.4 is 24.8 Å². The van der Waals surface area contributed by atoms with Gasteiger partial charge in [0.15, 0.2) is 0 Å². The summed E-state index contributed by atoms with van der Waals surface area (Å²) >= 11 is 0. The van der Waals surface area contributed by atoms with Gasteiger partial charge in [-0.1, -0.05) is 6.07 Å². The van der Waals surface area contributed by atoms with Crippen molar-refractivity contribution in [1.29, 1.82) is 0 Å². The van der Waals surface area contributed by atoms with Crippen molar-refractivity contribution in [2.24, 2.45) is 9.98 Å². The van der Waals surface area contributed by atoms with Gasteiger partial charge in [-0.2, -0.15) is 0 Å². The Morgan fingerprint density at radius 1 is 0.905 bits per heavy atom. The Kier molecular flexibility index (Phi) is 8.24. The third-order valence-corrected chi connectivity index (χ3v) is 2.79. The number of nitrogens with zero attached hydrogens (tertiary/aromatic N) is 3. The van der Waals surface area contributed by atoms with Gasteiger partial charge in [-0.3, -0.25) is 0 Å². The summed E-state index contributed by atoms with van der Waals surface area (Å²) < 4.78 is 11.0. The number of hydrogen-bond acceptors (Lipinski definition) is 5. The Labute approximate surface area is 146 Å². The molecule has 3 rings (SSSR count). The van der Waals surface area contributed by atoms with E-state index in [-0.39, 0.29) is 53.7 Å². The fourth-order valence-corrected chi connectivity index (χ4v) is 1.90. The Balaban J connectivity index is 0.00000133. The predicted octanol–water partition coefficient (Wildman–Crippen LogP) is -4.58. The molecule has 0 saturated carbocycles. The Morgan fingerprint density at radius 2 is 1.33 bits per heavy atom. The van der Waals surface area contributed by atoms with Crippen LogP contribution in [0.5, 0.6) is 0 Å². The standard InChI is InChI=1S/C13H15N3O2.2ClH.Co/c1-8-6-17-12(14-8)10-4-3-5-11(16-10)13-15-9(2)7-18-13;;;/h3-5,8-9H,6-7H2,1-2H3;2*1H;/q;;;+2/p-2. The molecule has 0 amide bonds. The van der Waals surface area contributed by atoms with Gasteiger partial charge in [0.2, 0.25) is 11.8 Å². The Bertz CT molecular complexity index is 497. The van der Waals surface area contributed by atoms with Crippen LogP contribution in [0.15, 0.2) is 28.2 Å². The second-order valence-electron chi connectivity index (χ2n) is 4.60. The van der Waals surface area contributed by atoms with Crippen molar-refractivity contribution in [3.05, 3.63) is 29.6 Å². The summed E-state index contributed by atoms with van der Waals surface area (Å²) in [7, 11) is 0. The van der Waals surface area contributed by atoms with Crippen LogP contribution in [0.2, 0.25) is 0 Å². The van der Waals surface area contributed by atoms with E-state index in [9.17, 15) is 0 Å². The second-order valence-corrected chi connectivity index (χ2v) is 4.60. The largest absolute Gasteiger partial charge is 2.00 e. The van der Waals surface area contributed by atoms with Gasteiger partial charge >= 0.3 is 16.8 Å². The van der Waals surface area contributed by atoms with Gasteiger partial charge in [0.05, 0.1) is 12.1 Å². The van der Waals surface area contributed by atoms with E-state index >= 15 is 0 Å². The van der Waals surface area contributed by atoms with Crippen LogP contribution in [-0.2, 0) is 26.3 Å². The first-order chi connectivity index (χ1) is 8.72. The number of pyridine rings is 1. The summed E-state index contributed by atoms with van der Waals surface area (Å²) in [6.07, 6.45) is 0. The van der Waals surface area contributed by atoms with Crippen molar-refractivity contribution in [1.82, 2.24) is 4.98 Å². The third kappa shape index (κ3) is 4.57. The second kappa shape index (κ2) is 8.58. The predicted molar refractivity (Wildman–Crippen MR) is 68.1 cm³/mol. The van der Waals surface area contributed by atoms with Crippen molar-refractivity contribution in [2.45, 2.75) is 25.9 Å². The van der Waals surface area contributed by atoms with E-state index in [0.29, 0.717) is 25.0 Å². The molecule has 2 unspecified atom stereocenters. The first kappa shape index (κ1) is 20.2. The van der Waals surface area contributed by atoms with Crippen LogP contribution in [-0.4, -0.2) is 42.1 Å². The van der Waals surface area contributed by atoms with Crippen molar-refractivity contribution in [2.75, 3.05) is 13.2 Å². The first-order valence-electron chi connectivity index (χ1n) is 6.11. The number of halogens is 2. The molecule has 2 aliphatic rings. The maximum absolute atomic E-state index is 5.50. The molecule has 2 aliphatic heterocycles. The zero-order valence-corrected chi connectivity index (χ0v) is 14.1. The smallest absolute Gasteiger partial charge is 1.00 e. The van der Waals surface area contributed by atoms with E-state index in [2.05, 4.69) is 15.0 Å². The van der Waals surface area contributed by atoms with E-state index in [1.165, 1.54) is 0 Å². The molecule has 0 fully saturated rings. The number of ether oxygens (including phenoxy) is 2. The van der Waals surface area contributed by atoms with Gasteiger partial charge < -0.3 is 34.3 Å². The minimum Gasteiger partial charge on any atom is -1.00 e. The molecule has 0 bridgehead atoms. The topological polar surface area (TPSA) is 56.1 Å². The molecule has 0 saturated heterocycles. The number of aromatic nitrogens is 1. The van der Waals surface area contributed by atoms with Crippen molar-refractivity contribution >= 4 is 11.8 Å². The van der Waals surface area contributed by atoms with E-state index in [4.69, 9.17) is 9.47 Å². The van der Waals surface area contributed by atoms with Gasteiger partial charge in [0.1, 0.15) is 24.6 Å². The van der Waals surface area contributed by atoms with E-state index in [1.807, 2.05) is 32.0 Å². The third-order valence-electron chi connectivity index (χ3n) is 2.79. The summed E-state index contributed by atoms with van der Waals surface area (Å²) in [5, 5.41) is 0. The fraction of sp³-hybridized carbons (Fsp3) is 0.462. The van der Waals surface area contributed by atoms with E-state index in [1.54, 1.807) is 0 Å². The van der Waals surface area contributed by atoms with Gasteiger partial charge in [-0.05, 0) is 26.0 Å². The normalized spacial score (nSPS) is 22.6. The molecular weight excluding hydrogens is 360 g/mol. The van der Waals surface area contributed by atoms with Gasteiger partial charge in [0.25, 0.3) is 0 Å². The molecule has 5 nitrogen and oxygen atoms in total. The molecule has 0 N–H and O–H groups in total. The molecule has 117 valence electrons. The Hall–Kier alpha value is -0.824. The average Bonchev–Trinajstić information content (AvgIpc) is 2.98. The zero-order valence-electron chi connectivity index (χ0n) is 11.5. The Morgan fingerprint density at radius 3 is 1.67 bits per heavy atom. The molecule has 1 radical (unpaired) electrons. The van der Waals surface area contributed by atoms with Crippen molar-refractivity contribution in [3.8, 4) is 0 Å². The van der Waals surface area contributed by atoms with Crippen LogP contribution in [0, 0.1) is 0 Å². The number of hydrogen-bond donors (Lipinski definition) is 0. The summed E-state index contributed by atoms with van der Waals surface area (Å²) in [6.45, 7) is 5.27. The zero-order chi connectivity index (χ0) is 12.5. The monoisotopic (exact) mass is 374 g/mol. The molecular formula is C13H15Cl2CoN3O2. The fourth-order valence-electron chi connectivity index (χ4n) is 1.90. The summed E-state index contributed by atoms with van der Waals surface area (Å²) in [5.74, 6) is 1.21. The minimum absolute atomic E-state index is 0. The molecule has 1 aromatic rings. The molecule has 0 spiro atoms. The first-order valence-corrected chi connectivity index (χ1v) is 6.11. The van der Waals surface area contributed by atoms with Gasteiger partial charge in [0, 0.05) is 0 Å². The molecule has 2 atom stereocenters. The molecule has 1 aromatic heterocycles. The van der Waals surface area contributed by atoms with E-state index < -0.39 is 0 Å².